The van der Waals surface area contributed by atoms with Crippen molar-refractivity contribution in [2.75, 3.05) is 16.3 Å². The lowest BCUT2D eigenvalue weighted by molar-refractivity contribution is -0.139. The van der Waals surface area contributed by atoms with E-state index in [1.54, 1.807) is 24.3 Å². The minimum absolute atomic E-state index is 0.139. The second kappa shape index (κ2) is 14.7. The van der Waals surface area contributed by atoms with Gasteiger partial charge in [-0.3, -0.25) is 14.3 Å². The van der Waals surface area contributed by atoms with Crippen molar-refractivity contribution in [1.82, 2.24) is 4.57 Å². The molecule has 4 aromatic rings. The average Bonchev–Trinajstić information content (AvgIpc) is 3.32. The van der Waals surface area contributed by atoms with Gasteiger partial charge in [0.25, 0.3) is 5.91 Å². The van der Waals surface area contributed by atoms with Crippen LogP contribution in [0, 0.1) is 5.82 Å². The van der Waals surface area contributed by atoms with Gasteiger partial charge in [-0.2, -0.15) is 0 Å². The highest BCUT2D eigenvalue weighted by Gasteiger charge is 2.31. The summed E-state index contributed by atoms with van der Waals surface area (Å²) in [6, 6.07) is 21.4. The van der Waals surface area contributed by atoms with E-state index in [4.69, 9.17) is 5.11 Å². The summed E-state index contributed by atoms with van der Waals surface area (Å²) < 4.78 is 41.7. The van der Waals surface area contributed by atoms with Gasteiger partial charge in [0.15, 0.2) is 0 Å². The second-order valence-electron chi connectivity index (χ2n) is 11.5. The molecule has 0 bridgehead atoms. The Morgan fingerprint density at radius 2 is 1.48 bits per heavy atom. The molecule has 0 aliphatic heterocycles. The quantitative estimate of drug-likeness (QED) is 0.117. The Hall–Kier alpha value is -4.52. The van der Waals surface area contributed by atoms with Crippen LogP contribution in [0.25, 0.3) is 22.4 Å². The van der Waals surface area contributed by atoms with E-state index >= 15 is 0 Å². The van der Waals surface area contributed by atoms with E-state index in [2.05, 4.69) is 10.0 Å². The number of carboxylic acids is 1. The van der Waals surface area contributed by atoms with Gasteiger partial charge in [-0.05, 0) is 78.4 Å². The summed E-state index contributed by atoms with van der Waals surface area (Å²) in [5.74, 6) is -2.23. The number of benzene rings is 3. The number of carbonyl (C=O) groups is 2. The van der Waals surface area contributed by atoms with E-state index in [9.17, 15) is 32.6 Å². The van der Waals surface area contributed by atoms with Gasteiger partial charge in [-0.25, -0.2) is 12.8 Å². The lowest BCUT2D eigenvalue weighted by atomic mass is 9.94. The molecule has 1 aromatic heterocycles. The minimum atomic E-state index is -3.48. The summed E-state index contributed by atoms with van der Waals surface area (Å²) in [6.45, 7) is 4.08. The molecule has 12 heteroatoms. The molecular formula is C34H38FN3O7S. The van der Waals surface area contributed by atoms with E-state index in [1.807, 2.05) is 48.7 Å². The molecular weight excluding hydrogens is 613 g/mol. The Balaban J connectivity index is 1.85. The number of aliphatic hydroxyl groups is 2. The minimum Gasteiger partial charge on any atom is -0.481 e. The third-order valence-corrected chi connectivity index (χ3v) is 7.95. The van der Waals surface area contributed by atoms with Crippen LogP contribution in [-0.2, 0) is 21.4 Å². The Morgan fingerprint density at radius 3 is 2.04 bits per heavy atom. The smallest absolute Gasteiger partial charge is 0.305 e. The molecule has 3 aromatic carbocycles. The Morgan fingerprint density at radius 1 is 0.870 bits per heavy atom. The topological polar surface area (TPSA) is 158 Å². The van der Waals surface area contributed by atoms with Crippen LogP contribution < -0.4 is 10.0 Å². The summed E-state index contributed by atoms with van der Waals surface area (Å²) in [7, 11) is -3.48. The number of rotatable bonds is 14. The molecule has 2 atom stereocenters. The fourth-order valence-corrected chi connectivity index (χ4v) is 6.08. The van der Waals surface area contributed by atoms with E-state index in [1.165, 1.54) is 24.3 Å². The first-order valence-corrected chi connectivity index (χ1v) is 16.7. The van der Waals surface area contributed by atoms with E-state index in [0.717, 1.165) is 11.8 Å². The summed E-state index contributed by atoms with van der Waals surface area (Å²) in [5.41, 5.74) is 4.40. The number of aromatic nitrogens is 1. The number of amides is 1. The monoisotopic (exact) mass is 651 g/mol. The van der Waals surface area contributed by atoms with Gasteiger partial charge in [-0.1, -0.05) is 44.2 Å². The molecule has 0 saturated carbocycles. The molecule has 0 fully saturated rings. The highest BCUT2D eigenvalue weighted by molar-refractivity contribution is 7.92. The molecule has 1 heterocycles. The lowest BCUT2D eigenvalue weighted by Gasteiger charge is -2.20. The van der Waals surface area contributed by atoms with E-state index in [0.29, 0.717) is 39.5 Å². The van der Waals surface area contributed by atoms with Crippen LogP contribution in [0.4, 0.5) is 15.8 Å². The van der Waals surface area contributed by atoms with Gasteiger partial charge in [-0.15, -0.1) is 0 Å². The molecule has 10 nitrogen and oxygen atoms in total. The fraction of sp³-hybridized carbons (Fsp3) is 0.294. The molecule has 0 radical (unpaired) electrons. The van der Waals surface area contributed by atoms with Crippen LogP contribution in [0.1, 0.15) is 55.1 Å². The Labute approximate surface area is 267 Å². The van der Waals surface area contributed by atoms with Crippen molar-refractivity contribution >= 4 is 33.3 Å². The van der Waals surface area contributed by atoms with Gasteiger partial charge in [0.05, 0.1) is 36.1 Å². The van der Waals surface area contributed by atoms with Crippen molar-refractivity contribution in [3.8, 4) is 22.4 Å². The van der Waals surface area contributed by atoms with Crippen LogP contribution in [0.5, 0.6) is 0 Å². The third kappa shape index (κ3) is 8.81. The van der Waals surface area contributed by atoms with Crippen molar-refractivity contribution in [2.45, 2.75) is 57.8 Å². The van der Waals surface area contributed by atoms with Crippen LogP contribution in [0.15, 0.2) is 78.9 Å². The molecule has 46 heavy (non-hydrogen) atoms. The summed E-state index contributed by atoms with van der Waals surface area (Å²) >= 11 is 0. The molecule has 0 aliphatic rings. The number of halogens is 1. The maximum atomic E-state index is 14.3. The normalized spacial score (nSPS) is 12.9. The summed E-state index contributed by atoms with van der Waals surface area (Å²) in [4.78, 5) is 25.3. The van der Waals surface area contributed by atoms with Crippen LogP contribution in [0.2, 0.25) is 0 Å². The maximum Gasteiger partial charge on any atom is 0.305 e. The first kappa shape index (κ1) is 34.4. The highest BCUT2D eigenvalue weighted by atomic mass is 32.2. The summed E-state index contributed by atoms with van der Waals surface area (Å²) in [6.07, 6.45) is -1.70. The number of hydrogen-bond acceptors (Lipinski definition) is 6. The molecule has 0 unspecified atom stereocenters. The zero-order chi connectivity index (χ0) is 33.6. The fourth-order valence-electron chi connectivity index (χ4n) is 5.52. The third-order valence-electron chi connectivity index (χ3n) is 7.34. The zero-order valence-electron chi connectivity index (χ0n) is 25.8. The lowest BCUT2D eigenvalue weighted by Crippen LogP contribution is -2.22. The number of nitrogens with zero attached hydrogens (tertiary/aromatic N) is 1. The van der Waals surface area contributed by atoms with Crippen LogP contribution in [-0.4, -0.2) is 58.6 Å². The van der Waals surface area contributed by atoms with E-state index < -0.39 is 46.3 Å². The zero-order valence-corrected chi connectivity index (χ0v) is 26.6. The number of aliphatic carboxylic acids is 1. The van der Waals surface area contributed by atoms with Crippen molar-refractivity contribution < 1.29 is 37.7 Å². The van der Waals surface area contributed by atoms with Crippen molar-refractivity contribution in [1.29, 1.82) is 0 Å². The van der Waals surface area contributed by atoms with Crippen molar-refractivity contribution in [3.63, 3.8) is 0 Å². The van der Waals surface area contributed by atoms with Gasteiger partial charge in [0.2, 0.25) is 10.0 Å². The first-order valence-electron chi connectivity index (χ1n) is 14.8. The number of sulfonamides is 1. The molecule has 244 valence electrons. The first-order chi connectivity index (χ1) is 21.7. The number of nitrogens with one attached hydrogen (secondary N) is 2. The van der Waals surface area contributed by atoms with Crippen LogP contribution >= 0.6 is 0 Å². The number of carbonyl (C=O) groups excluding carboxylic acids is 1. The van der Waals surface area contributed by atoms with Gasteiger partial charge in [0, 0.05) is 29.2 Å². The van der Waals surface area contributed by atoms with Crippen LogP contribution in [0.3, 0.4) is 0 Å². The molecule has 0 aliphatic carbocycles. The average molecular weight is 652 g/mol. The predicted octanol–water partition coefficient (Wildman–Crippen LogP) is 5.69. The molecule has 1 amide bonds. The van der Waals surface area contributed by atoms with Crippen molar-refractivity contribution in [2.24, 2.45) is 0 Å². The molecule has 0 saturated heterocycles. The molecule has 5 N–H and O–H groups in total. The van der Waals surface area contributed by atoms with Gasteiger partial charge >= 0.3 is 5.97 Å². The number of aliphatic hydroxyl groups excluding tert-OH is 2. The Bertz CT molecular complexity index is 1770. The molecule has 4 rings (SSSR count). The Kier molecular flexibility index (Phi) is 11.0. The van der Waals surface area contributed by atoms with Gasteiger partial charge < -0.3 is 25.2 Å². The maximum absolute atomic E-state index is 14.3. The van der Waals surface area contributed by atoms with Gasteiger partial charge in [0.1, 0.15) is 5.82 Å². The second-order valence-corrected chi connectivity index (χ2v) is 13.2. The molecule has 0 spiro atoms. The highest BCUT2D eigenvalue weighted by Crippen LogP contribution is 2.42. The largest absolute Gasteiger partial charge is 0.481 e. The SMILES string of the molecule is CC(C)c1c(C(=O)Nc2ccc(NS(C)(=O)=O)cc2)c(-c2ccccc2)c(-c2ccc(F)cc2)n1CC[C@@H](O)C[C@@H](O)CC(=O)O. The van der Waals surface area contributed by atoms with E-state index in [-0.39, 0.29) is 25.3 Å². The van der Waals surface area contributed by atoms with Crippen molar-refractivity contribution in [3.05, 3.63) is 95.9 Å². The number of anilines is 2. The number of carboxylic acid groups (broad SMARTS) is 1. The number of hydrogen-bond donors (Lipinski definition) is 5. The predicted molar refractivity (Wildman–Crippen MR) is 176 cm³/mol. The standard InChI is InChI=1S/C34H38FN3O7S/c1-21(2)32-31(34(43)36-25-13-15-26(16-14-25)37-46(3,44)45)30(22-7-5-4-6-8-22)33(23-9-11-24(35)12-10-23)38(32)18-17-27(39)19-28(40)20-29(41)42/h4-16,21,27-28,37,39-40H,17-20H2,1-3H3,(H,36,43)(H,41,42)/t27-,28-/m1/s1. The summed E-state index contributed by atoms with van der Waals surface area (Å²) in [5, 5.41) is 32.8.